The van der Waals surface area contributed by atoms with E-state index < -0.39 is 7.60 Å². The van der Waals surface area contributed by atoms with E-state index in [4.69, 9.17) is 13.5 Å². The average molecular weight is 248 g/mol. The van der Waals surface area contributed by atoms with Gasteiger partial charge in [-0.15, -0.1) is 0 Å². The van der Waals surface area contributed by atoms with Crippen LogP contribution in [0.1, 0.15) is 13.8 Å². The maximum absolute atomic E-state index is 12.2. The summed E-state index contributed by atoms with van der Waals surface area (Å²) in [6.45, 7) is 4.02. The van der Waals surface area contributed by atoms with Gasteiger partial charge in [-0.2, -0.15) is 0 Å². The second kappa shape index (κ2) is 5.48. The van der Waals surface area contributed by atoms with Crippen LogP contribution < -0.4 is 10.5 Å². The first kappa shape index (κ1) is 13.2. The summed E-state index contributed by atoms with van der Waals surface area (Å²) in [6.07, 6.45) is 1.49. The fraction of sp³-hybridized carbons (Fsp3) is 0.667. The van der Waals surface area contributed by atoms with Crippen molar-refractivity contribution in [1.82, 2.24) is 4.98 Å². The molecular weight excluding hydrogens is 231 g/mol. The van der Waals surface area contributed by atoms with E-state index in [1.54, 1.807) is 32.8 Å². The lowest BCUT2D eigenvalue weighted by atomic mass is 10.7. The van der Waals surface area contributed by atoms with Gasteiger partial charge in [0.25, 0.3) is 0 Å². The normalized spacial score (nSPS) is 11.8. The van der Waals surface area contributed by atoms with Gasteiger partial charge in [0.15, 0.2) is 0 Å². The molecule has 7 heteroatoms. The minimum absolute atomic E-state index is 0.0000926. The van der Waals surface area contributed by atoms with Crippen molar-refractivity contribution in [3.8, 4) is 0 Å². The zero-order valence-corrected chi connectivity index (χ0v) is 10.9. The first-order valence-electron chi connectivity index (χ1n) is 5.06. The summed E-state index contributed by atoms with van der Waals surface area (Å²) in [4.78, 5) is 5.65. The predicted molar refractivity (Wildman–Crippen MR) is 61.3 cm³/mol. The lowest BCUT2D eigenvalue weighted by molar-refractivity contribution is 0.224. The van der Waals surface area contributed by atoms with Gasteiger partial charge in [-0.25, -0.2) is 9.55 Å². The molecule has 0 radical (unpaired) electrons. The second-order valence-corrected chi connectivity index (χ2v) is 5.10. The van der Waals surface area contributed by atoms with Crippen molar-refractivity contribution in [1.29, 1.82) is 0 Å². The van der Waals surface area contributed by atoms with Crippen LogP contribution in [0.2, 0.25) is 0 Å². The van der Waals surface area contributed by atoms with Crippen molar-refractivity contribution in [2.45, 2.75) is 13.8 Å². The van der Waals surface area contributed by atoms with E-state index in [0.29, 0.717) is 5.88 Å². The maximum atomic E-state index is 12.2. The van der Waals surface area contributed by atoms with E-state index in [1.165, 1.54) is 6.20 Å². The largest absolute Gasteiger partial charge is 0.416 e. The zero-order valence-electron chi connectivity index (χ0n) is 9.97. The van der Waals surface area contributed by atoms with Crippen LogP contribution >= 0.6 is 7.60 Å². The molecule has 1 aromatic rings. The van der Waals surface area contributed by atoms with Crippen LogP contribution in [0.3, 0.4) is 0 Å². The quantitative estimate of drug-likeness (QED) is 0.713. The summed E-state index contributed by atoms with van der Waals surface area (Å²) in [5.74, 6) is 0.509. The Hall–Kier alpha value is -0.840. The van der Waals surface area contributed by atoms with Crippen LogP contribution in [0.25, 0.3) is 0 Å². The van der Waals surface area contributed by atoms with Gasteiger partial charge >= 0.3 is 13.2 Å². The molecule has 16 heavy (non-hydrogen) atoms. The van der Waals surface area contributed by atoms with Gasteiger partial charge in [0, 0.05) is 14.1 Å². The summed E-state index contributed by atoms with van der Waals surface area (Å²) in [7, 11) is 0.209. The van der Waals surface area contributed by atoms with E-state index in [1.807, 2.05) is 0 Å². The van der Waals surface area contributed by atoms with E-state index in [0.717, 1.165) is 0 Å². The number of oxazole rings is 1. The van der Waals surface area contributed by atoms with Gasteiger partial charge in [-0.3, -0.25) is 0 Å². The molecule has 6 nitrogen and oxygen atoms in total. The Morgan fingerprint density at radius 1 is 1.38 bits per heavy atom. The molecule has 0 unspecified atom stereocenters. The van der Waals surface area contributed by atoms with Crippen molar-refractivity contribution in [3.63, 3.8) is 0 Å². The van der Waals surface area contributed by atoms with Crippen LogP contribution in [0.5, 0.6) is 0 Å². The second-order valence-electron chi connectivity index (χ2n) is 3.21. The molecule has 0 aliphatic rings. The molecule has 0 bridgehead atoms. The van der Waals surface area contributed by atoms with Crippen molar-refractivity contribution in [2.24, 2.45) is 0 Å². The molecule has 0 N–H and O–H groups in total. The van der Waals surface area contributed by atoms with Gasteiger partial charge in [-0.05, 0) is 13.8 Å². The monoisotopic (exact) mass is 248 g/mol. The molecule has 0 fully saturated rings. The predicted octanol–water partition coefficient (Wildman–Crippen LogP) is 1.63. The molecule has 0 aliphatic heterocycles. The summed E-state index contributed by atoms with van der Waals surface area (Å²) >= 11 is 0. The third kappa shape index (κ3) is 2.84. The molecule has 1 heterocycles. The van der Waals surface area contributed by atoms with Gasteiger partial charge < -0.3 is 18.4 Å². The Bertz CT molecular complexity index is 367. The van der Waals surface area contributed by atoms with Crippen molar-refractivity contribution in [3.05, 3.63) is 6.20 Å². The van der Waals surface area contributed by atoms with E-state index in [9.17, 15) is 4.57 Å². The summed E-state index contributed by atoms with van der Waals surface area (Å²) in [6, 6.07) is 0. The summed E-state index contributed by atoms with van der Waals surface area (Å²) < 4.78 is 27.8. The maximum Gasteiger partial charge on any atom is 0.416 e. The van der Waals surface area contributed by atoms with Crippen LogP contribution in [0.15, 0.2) is 10.6 Å². The molecule has 1 rings (SSSR count). The van der Waals surface area contributed by atoms with Gasteiger partial charge in [0.2, 0.25) is 5.88 Å². The number of aromatic nitrogens is 1. The van der Waals surface area contributed by atoms with E-state index in [-0.39, 0.29) is 18.8 Å². The lowest BCUT2D eigenvalue weighted by Crippen LogP contribution is -2.12. The minimum atomic E-state index is -3.40. The Morgan fingerprint density at radius 3 is 2.31 bits per heavy atom. The zero-order chi connectivity index (χ0) is 12.2. The van der Waals surface area contributed by atoms with Crippen LogP contribution in [-0.4, -0.2) is 32.3 Å². The smallest absolute Gasteiger partial charge is 0.414 e. The van der Waals surface area contributed by atoms with Crippen LogP contribution in [0, 0.1) is 0 Å². The summed E-state index contributed by atoms with van der Waals surface area (Å²) in [5.41, 5.74) is -0.0000926. The first-order chi connectivity index (χ1) is 7.53. The fourth-order valence-electron chi connectivity index (χ4n) is 1.08. The molecule has 0 aliphatic carbocycles. The number of rotatable bonds is 6. The third-order valence-corrected chi connectivity index (χ3v) is 3.63. The molecule has 1 aromatic heterocycles. The number of nitrogens with zero attached hydrogens (tertiary/aromatic N) is 2. The molecule has 0 atom stereocenters. The third-order valence-electron chi connectivity index (χ3n) is 1.75. The van der Waals surface area contributed by atoms with Gasteiger partial charge in [-0.1, -0.05) is 0 Å². The van der Waals surface area contributed by atoms with Crippen LogP contribution in [-0.2, 0) is 13.6 Å². The molecular formula is C9H17N2O4P. The highest BCUT2D eigenvalue weighted by Crippen LogP contribution is 2.46. The topological polar surface area (TPSA) is 64.8 Å². The standard InChI is InChI=1S/C9H17N2O4P/c1-5-13-16(12,14-6-2)9-10-7-8(15-9)11(3)4/h7H,5-6H2,1-4H3. The van der Waals surface area contributed by atoms with Crippen molar-refractivity contribution >= 4 is 19.1 Å². The number of anilines is 1. The summed E-state index contributed by atoms with van der Waals surface area (Å²) in [5, 5.41) is 0. The lowest BCUT2D eigenvalue weighted by Gasteiger charge is -2.13. The Balaban J connectivity index is 2.97. The number of hydrogen-bond acceptors (Lipinski definition) is 6. The highest BCUT2D eigenvalue weighted by molar-refractivity contribution is 7.61. The van der Waals surface area contributed by atoms with Gasteiger partial charge in [0.1, 0.15) is 0 Å². The van der Waals surface area contributed by atoms with Gasteiger partial charge in [0.05, 0.1) is 19.4 Å². The molecule has 0 saturated heterocycles. The fourth-order valence-corrected chi connectivity index (χ4v) is 2.46. The Kier molecular flexibility index (Phi) is 4.53. The van der Waals surface area contributed by atoms with Crippen molar-refractivity contribution < 1.29 is 18.0 Å². The minimum Gasteiger partial charge on any atom is -0.414 e. The van der Waals surface area contributed by atoms with Crippen LogP contribution in [0.4, 0.5) is 5.88 Å². The van der Waals surface area contributed by atoms with E-state index >= 15 is 0 Å². The highest BCUT2D eigenvalue weighted by atomic mass is 31.2. The highest BCUT2D eigenvalue weighted by Gasteiger charge is 2.33. The Labute approximate surface area is 95.1 Å². The average Bonchev–Trinajstić information content (AvgIpc) is 2.67. The molecule has 0 amide bonds. The van der Waals surface area contributed by atoms with E-state index in [2.05, 4.69) is 4.98 Å². The molecule has 0 spiro atoms. The SMILES string of the molecule is CCOP(=O)(OCC)c1ncc(N(C)C)o1. The molecule has 0 saturated carbocycles. The first-order valence-corrected chi connectivity index (χ1v) is 6.60. The van der Waals surface area contributed by atoms with Crippen molar-refractivity contribution in [2.75, 3.05) is 32.2 Å². The Morgan fingerprint density at radius 2 is 1.94 bits per heavy atom. The molecule has 92 valence electrons. The number of hydrogen-bond donors (Lipinski definition) is 0. The molecule has 0 aromatic carbocycles.